The number of halogens is 2. The van der Waals surface area contributed by atoms with E-state index in [4.69, 9.17) is 9.31 Å². The molecule has 4 rings (SSSR count). The van der Waals surface area contributed by atoms with E-state index < -0.39 is 36.0 Å². The molecule has 1 aromatic carbocycles. The topological polar surface area (TPSA) is 63.7 Å². The predicted octanol–water partition coefficient (Wildman–Crippen LogP) is 3.81. The predicted molar refractivity (Wildman–Crippen MR) is 119 cm³/mol. The van der Waals surface area contributed by atoms with Gasteiger partial charge in [0.2, 0.25) is 0 Å². The molecule has 170 valence electrons. The van der Waals surface area contributed by atoms with Gasteiger partial charge in [0.05, 0.1) is 23.8 Å². The fraction of sp³-hybridized carbons (Fsp3) is 0.478. The highest BCUT2D eigenvalue weighted by Gasteiger charge is 2.52. The second-order valence-corrected chi connectivity index (χ2v) is 9.35. The van der Waals surface area contributed by atoms with E-state index in [1.165, 1.54) is 6.07 Å². The van der Waals surface area contributed by atoms with E-state index in [2.05, 4.69) is 10.3 Å². The molecule has 2 aliphatic rings. The molecule has 1 saturated heterocycles. The maximum absolute atomic E-state index is 15.1. The van der Waals surface area contributed by atoms with Crippen molar-refractivity contribution in [3.05, 3.63) is 52.7 Å². The summed E-state index contributed by atoms with van der Waals surface area (Å²) in [5, 5.41) is 3.15. The Labute approximate surface area is 187 Å². The third-order valence-corrected chi connectivity index (χ3v) is 6.75. The summed E-state index contributed by atoms with van der Waals surface area (Å²) in [6.07, 6.45) is 1.54. The van der Waals surface area contributed by atoms with E-state index in [0.717, 1.165) is 11.6 Å². The van der Waals surface area contributed by atoms with Crippen LogP contribution in [0.2, 0.25) is 0 Å². The molecule has 3 heterocycles. The highest BCUT2D eigenvalue weighted by atomic mass is 19.1. The van der Waals surface area contributed by atoms with Crippen molar-refractivity contribution in [1.29, 1.82) is 0 Å². The van der Waals surface area contributed by atoms with Gasteiger partial charge in [-0.1, -0.05) is 0 Å². The number of hydrogen-bond donors (Lipinski definition) is 1. The largest absolute Gasteiger partial charge is 0.497 e. The molecule has 0 radical (unpaired) electrons. The highest BCUT2D eigenvalue weighted by molar-refractivity contribution is 6.62. The van der Waals surface area contributed by atoms with Crippen molar-refractivity contribution >= 4 is 24.3 Å². The van der Waals surface area contributed by atoms with Gasteiger partial charge in [0.1, 0.15) is 17.5 Å². The molecule has 32 heavy (non-hydrogen) atoms. The average Bonchev–Trinajstić information content (AvgIpc) is 3.16. The minimum Gasteiger partial charge on any atom is -0.399 e. The molecule has 0 bridgehead atoms. The van der Waals surface area contributed by atoms with Crippen LogP contribution in [-0.2, 0) is 15.9 Å². The van der Waals surface area contributed by atoms with Gasteiger partial charge in [-0.3, -0.25) is 4.79 Å². The lowest BCUT2D eigenvalue weighted by molar-refractivity contribution is 0.00578. The Kier molecular flexibility index (Phi) is 5.53. The SMILES string of the molecule is CCN1Cc2c(ccnc2NC(C)c2cc(F)c(B3OC(C)(C)C(C)(C)O3)cc2F)C1=O. The number of carbonyl (C=O) groups excluding carboxylic acids is 1. The summed E-state index contributed by atoms with van der Waals surface area (Å²) in [5.74, 6) is -0.735. The molecule has 1 fully saturated rings. The number of anilines is 1. The zero-order valence-electron chi connectivity index (χ0n) is 19.3. The summed E-state index contributed by atoms with van der Waals surface area (Å²) in [6, 6.07) is 3.40. The normalized spacial score (nSPS) is 19.9. The van der Waals surface area contributed by atoms with Crippen LogP contribution in [0.4, 0.5) is 14.6 Å². The lowest BCUT2D eigenvalue weighted by atomic mass is 9.78. The zero-order valence-corrected chi connectivity index (χ0v) is 19.3. The van der Waals surface area contributed by atoms with Crippen molar-refractivity contribution in [3.63, 3.8) is 0 Å². The van der Waals surface area contributed by atoms with Gasteiger partial charge in [-0.05, 0) is 59.7 Å². The van der Waals surface area contributed by atoms with Crippen molar-refractivity contribution in [1.82, 2.24) is 9.88 Å². The van der Waals surface area contributed by atoms with Gasteiger partial charge in [-0.15, -0.1) is 0 Å². The lowest BCUT2D eigenvalue weighted by Crippen LogP contribution is -2.41. The minimum atomic E-state index is -0.989. The summed E-state index contributed by atoms with van der Waals surface area (Å²) in [7, 11) is -0.989. The van der Waals surface area contributed by atoms with Crippen molar-refractivity contribution in [2.45, 2.75) is 65.3 Å². The van der Waals surface area contributed by atoms with Gasteiger partial charge >= 0.3 is 7.12 Å². The number of carbonyl (C=O) groups is 1. The molecule has 0 spiro atoms. The number of aromatic nitrogens is 1. The Hall–Kier alpha value is -2.52. The minimum absolute atomic E-state index is 0.0278. The molecule has 1 amide bonds. The Bertz CT molecular complexity index is 1060. The maximum Gasteiger partial charge on any atom is 0.497 e. The number of rotatable bonds is 5. The Morgan fingerprint density at radius 3 is 2.47 bits per heavy atom. The summed E-state index contributed by atoms with van der Waals surface area (Å²) in [4.78, 5) is 18.5. The van der Waals surface area contributed by atoms with Crippen LogP contribution in [0.3, 0.4) is 0 Å². The quantitative estimate of drug-likeness (QED) is 0.713. The van der Waals surface area contributed by atoms with E-state index in [1.54, 1.807) is 24.1 Å². The molecule has 9 heteroatoms. The monoisotopic (exact) mass is 443 g/mol. The van der Waals surface area contributed by atoms with Crippen LogP contribution >= 0.6 is 0 Å². The van der Waals surface area contributed by atoms with Crippen LogP contribution in [-0.4, -0.2) is 40.7 Å². The van der Waals surface area contributed by atoms with Crippen molar-refractivity contribution < 1.29 is 22.9 Å². The standard InChI is InChI=1S/C23H28BF2N3O3/c1-7-29-12-16-14(21(29)30)8-9-27-20(16)28-13(2)15-10-19(26)17(11-18(15)25)24-31-22(3,4)23(5,6)32-24/h8-11,13H,7,12H2,1-6H3,(H,27,28). The zero-order chi connectivity index (χ0) is 23.4. The molecule has 6 nitrogen and oxygen atoms in total. The van der Waals surface area contributed by atoms with Gasteiger partial charge in [-0.2, -0.15) is 0 Å². The van der Waals surface area contributed by atoms with Crippen LogP contribution < -0.4 is 10.8 Å². The van der Waals surface area contributed by atoms with Crippen LogP contribution in [0.15, 0.2) is 24.4 Å². The molecule has 0 saturated carbocycles. The molecule has 0 aliphatic carbocycles. The van der Waals surface area contributed by atoms with E-state index in [0.29, 0.717) is 24.5 Å². The summed E-state index contributed by atoms with van der Waals surface area (Å²) < 4.78 is 41.8. The smallest absolute Gasteiger partial charge is 0.399 e. The fourth-order valence-electron chi connectivity index (χ4n) is 4.01. The number of fused-ring (bicyclic) bond motifs is 1. The van der Waals surface area contributed by atoms with Crippen LogP contribution in [0.25, 0.3) is 0 Å². The summed E-state index contributed by atoms with van der Waals surface area (Å²) in [5.41, 5.74) is 0.216. The van der Waals surface area contributed by atoms with Crippen LogP contribution in [0, 0.1) is 11.6 Å². The first kappa shape index (κ1) is 22.7. The first-order valence-corrected chi connectivity index (χ1v) is 10.8. The van der Waals surface area contributed by atoms with Gasteiger partial charge in [0, 0.05) is 34.9 Å². The van der Waals surface area contributed by atoms with Crippen molar-refractivity contribution in [2.24, 2.45) is 0 Å². The summed E-state index contributed by atoms with van der Waals surface area (Å²) >= 11 is 0. The molecule has 1 atom stereocenters. The molecule has 1 N–H and O–H groups in total. The Morgan fingerprint density at radius 1 is 1.19 bits per heavy atom. The summed E-state index contributed by atoms with van der Waals surface area (Å²) in [6.45, 7) is 12.1. The molecular weight excluding hydrogens is 415 g/mol. The number of amides is 1. The van der Waals surface area contributed by atoms with Crippen molar-refractivity contribution in [2.75, 3.05) is 11.9 Å². The molecular formula is C23H28BF2N3O3. The first-order chi connectivity index (χ1) is 14.9. The average molecular weight is 443 g/mol. The molecule has 1 unspecified atom stereocenters. The number of pyridine rings is 1. The number of hydrogen-bond acceptors (Lipinski definition) is 5. The first-order valence-electron chi connectivity index (χ1n) is 10.8. The van der Waals surface area contributed by atoms with Gasteiger partial charge < -0.3 is 19.5 Å². The maximum atomic E-state index is 15.1. The third-order valence-electron chi connectivity index (χ3n) is 6.75. The van der Waals surface area contributed by atoms with Gasteiger partial charge in [-0.25, -0.2) is 13.8 Å². The van der Waals surface area contributed by atoms with E-state index in [1.807, 2.05) is 34.6 Å². The van der Waals surface area contributed by atoms with Crippen LogP contribution in [0.5, 0.6) is 0 Å². The van der Waals surface area contributed by atoms with Crippen molar-refractivity contribution in [3.8, 4) is 0 Å². The Morgan fingerprint density at radius 2 is 1.84 bits per heavy atom. The number of nitrogens with zero attached hydrogens (tertiary/aromatic N) is 2. The van der Waals surface area contributed by atoms with Gasteiger partial charge in [0.25, 0.3) is 5.91 Å². The van der Waals surface area contributed by atoms with E-state index in [-0.39, 0.29) is 16.9 Å². The second-order valence-electron chi connectivity index (χ2n) is 9.35. The molecule has 1 aromatic heterocycles. The fourth-order valence-corrected chi connectivity index (χ4v) is 4.01. The molecule has 2 aliphatic heterocycles. The Balaban J connectivity index is 1.59. The third kappa shape index (κ3) is 3.67. The molecule has 2 aromatic rings. The van der Waals surface area contributed by atoms with Gasteiger partial charge in [0.15, 0.2) is 0 Å². The number of benzene rings is 1. The van der Waals surface area contributed by atoms with E-state index in [9.17, 15) is 4.79 Å². The highest BCUT2D eigenvalue weighted by Crippen LogP contribution is 2.37. The number of nitrogens with one attached hydrogen (secondary N) is 1. The van der Waals surface area contributed by atoms with Crippen LogP contribution in [0.1, 0.15) is 69.1 Å². The second kappa shape index (κ2) is 7.81. The van der Waals surface area contributed by atoms with E-state index >= 15 is 8.78 Å². The lowest BCUT2D eigenvalue weighted by Gasteiger charge is -2.32.